The zero-order valence-electron chi connectivity index (χ0n) is 12.4. The maximum absolute atomic E-state index is 11.9. The first kappa shape index (κ1) is 16.0. The second-order valence-electron chi connectivity index (χ2n) is 4.94. The molecule has 110 valence electrons. The first-order chi connectivity index (χ1) is 9.35. The van der Waals surface area contributed by atoms with E-state index in [1.807, 2.05) is 20.8 Å². The highest BCUT2D eigenvalue weighted by atomic mass is 16.5. The van der Waals surface area contributed by atoms with Gasteiger partial charge in [-0.15, -0.1) is 0 Å². The van der Waals surface area contributed by atoms with Gasteiger partial charge in [0.2, 0.25) is 0 Å². The highest BCUT2D eigenvalue weighted by molar-refractivity contribution is 5.92. The van der Waals surface area contributed by atoms with Crippen molar-refractivity contribution in [2.24, 2.45) is 0 Å². The number of carbonyl (C=O) groups excluding carboxylic acids is 2. The summed E-state index contributed by atoms with van der Waals surface area (Å²) in [6, 6.07) is 4.94. The molecule has 1 aromatic rings. The number of carbonyl (C=O) groups is 2. The van der Waals surface area contributed by atoms with Crippen molar-refractivity contribution in [2.45, 2.75) is 46.3 Å². The standard InChI is InChI=1S/C15H22N2O3/c1-5-10(3)17-14(18)11(4)20-15(19)12-6-7-13(16)9(2)8-12/h6-8,10-11H,5,16H2,1-4H3,(H,17,18). The molecule has 0 saturated heterocycles. The molecule has 0 bridgehead atoms. The largest absolute Gasteiger partial charge is 0.449 e. The number of rotatable bonds is 5. The minimum atomic E-state index is -0.825. The van der Waals surface area contributed by atoms with Crippen LogP contribution in [0.25, 0.3) is 0 Å². The van der Waals surface area contributed by atoms with Gasteiger partial charge in [0.25, 0.3) is 5.91 Å². The third kappa shape index (κ3) is 4.26. The monoisotopic (exact) mass is 278 g/mol. The minimum Gasteiger partial charge on any atom is -0.449 e. The van der Waals surface area contributed by atoms with E-state index in [1.165, 1.54) is 0 Å². The Kier molecular flexibility index (Phi) is 5.55. The van der Waals surface area contributed by atoms with Crippen molar-refractivity contribution in [2.75, 3.05) is 5.73 Å². The molecular weight excluding hydrogens is 256 g/mol. The maximum Gasteiger partial charge on any atom is 0.338 e. The van der Waals surface area contributed by atoms with E-state index in [4.69, 9.17) is 10.5 Å². The van der Waals surface area contributed by atoms with E-state index in [0.717, 1.165) is 12.0 Å². The van der Waals surface area contributed by atoms with E-state index in [-0.39, 0.29) is 11.9 Å². The molecule has 1 rings (SSSR count). The van der Waals surface area contributed by atoms with Crippen molar-refractivity contribution in [1.29, 1.82) is 0 Å². The van der Waals surface area contributed by atoms with Crippen LogP contribution in [0.4, 0.5) is 5.69 Å². The molecule has 0 aliphatic carbocycles. The summed E-state index contributed by atoms with van der Waals surface area (Å²) in [6.45, 7) is 7.24. The predicted octanol–water partition coefficient (Wildman–Crippen LogP) is 2.04. The second-order valence-corrected chi connectivity index (χ2v) is 4.94. The Morgan fingerprint density at radius 1 is 1.35 bits per heavy atom. The molecule has 3 N–H and O–H groups in total. The quantitative estimate of drug-likeness (QED) is 0.638. The van der Waals surface area contributed by atoms with Crippen molar-refractivity contribution in [3.63, 3.8) is 0 Å². The molecule has 2 atom stereocenters. The molecule has 0 aliphatic rings. The average molecular weight is 278 g/mol. The van der Waals surface area contributed by atoms with Crippen LogP contribution in [0.1, 0.15) is 43.1 Å². The average Bonchev–Trinajstić information content (AvgIpc) is 2.41. The fourth-order valence-electron chi connectivity index (χ4n) is 1.55. The smallest absolute Gasteiger partial charge is 0.338 e. The Morgan fingerprint density at radius 2 is 2.00 bits per heavy atom. The van der Waals surface area contributed by atoms with Gasteiger partial charge in [-0.3, -0.25) is 4.79 Å². The van der Waals surface area contributed by atoms with Crippen molar-refractivity contribution in [3.8, 4) is 0 Å². The lowest BCUT2D eigenvalue weighted by Gasteiger charge is -2.17. The van der Waals surface area contributed by atoms with Gasteiger partial charge in [-0.25, -0.2) is 4.79 Å². The summed E-state index contributed by atoms with van der Waals surface area (Å²) in [5.41, 5.74) is 7.50. The molecule has 0 aromatic heterocycles. The highest BCUT2D eigenvalue weighted by Crippen LogP contribution is 2.14. The summed E-state index contributed by atoms with van der Waals surface area (Å²) in [7, 11) is 0. The number of anilines is 1. The van der Waals surface area contributed by atoms with E-state index in [9.17, 15) is 9.59 Å². The van der Waals surface area contributed by atoms with Gasteiger partial charge in [-0.05, 0) is 51.0 Å². The van der Waals surface area contributed by atoms with E-state index in [2.05, 4.69) is 5.32 Å². The topological polar surface area (TPSA) is 81.4 Å². The van der Waals surface area contributed by atoms with Crippen molar-refractivity contribution in [1.82, 2.24) is 5.32 Å². The van der Waals surface area contributed by atoms with Gasteiger partial charge < -0.3 is 15.8 Å². The van der Waals surface area contributed by atoms with Crippen LogP contribution in [0.2, 0.25) is 0 Å². The van der Waals surface area contributed by atoms with Gasteiger partial charge in [0.15, 0.2) is 6.10 Å². The molecule has 5 nitrogen and oxygen atoms in total. The van der Waals surface area contributed by atoms with Gasteiger partial charge in [-0.2, -0.15) is 0 Å². The molecule has 1 aromatic carbocycles. The number of esters is 1. The van der Waals surface area contributed by atoms with E-state index >= 15 is 0 Å². The van der Waals surface area contributed by atoms with E-state index < -0.39 is 12.1 Å². The lowest BCUT2D eigenvalue weighted by atomic mass is 10.1. The number of nitrogens with two attached hydrogens (primary N) is 1. The van der Waals surface area contributed by atoms with Crippen LogP contribution < -0.4 is 11.1 Å². The molecular formula is C15H22N2O3. The van der Waals surface area contributed by atoms with Crippen molar-refractivity contribution in [3.05, 3.63) is 29.3 Å². The molecule has 0 saturated carbocycles. The zero-order valence-corrected chi connectivity index (χ0v) is 12.4. The number of ether oxygens (including phenoxy) is 1. The maximum atomic E-state index is 11.9. The molecule has 0 heterocycles. The summed E-state index contributed by atoms with van der Waals surface area (Å²) in [5, 5.41) is 2.77. The normalized spacial score (nSPS) is 13.4. The van der Waals surface area contributed by atoms with Crippen molar-refractivity contribution < 1.29 is 14.3 Å². The van der Waals surface area contributed by atoms with Crippen molar-refractivity contribution >= 4 is 17.6 Å². The van der Waals surface area contributed by atoms with Crippen LogP contribution in [-0.4, -0.2) is 24.0 Å². The number of benzene rings is 1. The number of hydrogen-bond acceptors (Lipinski definition) is 4. The third-order valence-corrected chi connectivity index (χ3v) is 3.16. The number of amides is 1. The second kappa shape index (κ2) is 6.93. The van der Waals surface area contributed by atoms with Gasteiger partial charge in [-0.1, -0.05) is 6.92 Å². The first-order valence-electron chi connectivity index (χ1n) is 6.72. The highest BCUT2D eigenvalue weighted by Gasteiger charge is 2.20. The Bertz CT molecular complexity index is 500. The van der Waals surface area contributed by atoms with Crippen LogP contribution in [0.15, 0.2) is 18.2 Å². The summed E-state index contributed by atoms with van der Waals surface area (Å²) in [4.78, 5) is 23.7. The van der Waals surface area contributed by atoms with Gasteiger partial charge >= 0.3 is 5.97 Å². The fourth-order valence-corrected chi connectivity index (χ4v) is 1.55. The molecule has 0 spiro atoms. The van der Waals surface area contributed by atoms with Crippen LogP contribution >= 0.6 is 0 Å². The molecule has 5 heteroatoms. The fraction of sp³-hybridized carbons (Fsp3) is 0.467. The molecule has 20 heavy (non-hydrogen) atoms. The van der Waals surface area contributed by atoms with Gasteiger partial charge in [0.1, 0.15) is 0 Å². The Balaban J connectivity index is 2.65. The first-order valence-corrected chi connectivity index (χ1v) is 6.72. The summed E-state index contributed by atoms with van der Waals surface area (Å²) >= 11 is 0. The third-order valence-electron chi connectivity index (χ3n) is 3.16. The summed E-state index contributed by atoms with van der Waals surface area (Å²) in [6.07, 6.45) is -0.00169. The SMILES string of the molecule is CCC(C)NC(=O)C(C)OC(=O)c1ccc(N)c(C)c1. The van der Waals surface area contributed by atoms with Crippen LogP contribution in [0.3, 0.4) is 0 Å². The van der Waals surface area contributed by atoms with Crippen LogP contribution in [0, 0.1) is 6.92 Å². The minimum absolute atomic E-state index is 0.0578. The predicted molar refractivity (Wildman–Crippen MR) is 78.4 cm³/mol. The molecule has 0 fully saturated rings. The molecule has 0 radical (unpaired) electrons. The summed E-state index contributed by atoms with van der Waals surface area (Å²) < 4.78 is 5.15. The Labute approximate surface area is 119 Å². The van der Waals surface area contributed by atoms with Crippen LogP contribution in [0.5, 0.6) is 0 Å². The molecule has 2 unspecified atom stereocenters. The van der Waals surface area contributed by atoms with Crippen LogP contribution in [-0.2, 0) is 9.53 Å². The lowest BCUT2D eigenvalue weighted by molar-refractivity contribution is -0.129. The Hall–Kier alpha value is -2.04. The number of aryl methyl sites for hydroxylation is 1. The van der Waals surface area contributed by atoms with E-state index in [0.29, 0.717) is 11.3 Å². The van der Waals surface area contributed by atoms with Gasteiger partial charge in [0, 0.05) is 11.7 Å². The molecule has 0 aliphatic heterocycles. The number of nitrogen functional groups attached to an aromatic ring is 1. The number of hydrogen-bond donors (Lipinski definition) is 2. The van der Waals surface area contributed by atoms with E-state index in [1.54, 1.807) is 25.1 Å². The zero-order chi connectivity index (χ0) is 15.3. The molecule has 1 amide bonds. The lowest BCUT2D eigenvalue weighted by Crippen LogP contribution is -2.40. The van der Waals surface area contributed by atoms with Gasteiger partial charge in [0.05, 0.1) is 5.56 Å². The summed E-state index contributed by atoms with van der Waals surface area (Å²) in [5.74, 6) is -0.820. The Morgan fingerprint density at radius 3 is 2.55 bits per heavy atom. The number of nitrogens with one attached hydrogen (secondary N) is 1.